The number of benzene rings is 8. The van der Waals surface area contributed by atoms with Crippen molar-refractivity contribution in [3.63, 3.8) is 0 Å². The van der Waals surface area contributed by atoms with Crippen molar-refractivity contribution in [1.29, 1.82) is 0 Å². The van der Waals surface area contributed by atoms with E-state index in [4.69, 9.17) is 15.7 Å². The van der Waals surface area contributed by atoms with Crippen molar-refractivity contribution >= 4 is 49.7 Å². The van der Waals surface area contributed by atoms with Gasteiger partial charge in [0.25, 0.3) is 0 Å². The number of nitrogens with two attached hydrogens (primary N) is 1. The minimum Gasteiger partial charge on any atom is -0.383 e. The highest BCUT2D eigenvalue weighted by Crippen LogP contribution is 2.37. The summed E-state index contributed by atoms with van der Waals surface area (Å²) in [5, 5.41) is 7.64. The molecule has 3 nitrogen and oxygen atoms in total. The van der Waals surface area contributed by atoms with E-state index in [0.29, 0.717) is 17.4 Å². The Kier molecular flexibility index (Phi) is 7.85. The first-order valence-corrected chi connectivity index (χ1v) is 16.4. The van der Waals surface area contributed by atoms with Crippen LogP contribution in [0.5, 0.6) is 0 Å². The molecule has 0 fully saturated rings. The normalized spacial score (nSPS) is 12.1. The summed E-state index contributed by atoms with van der Waals surface area (Å²) in [4.78, 5) is 9.66. The predicted molar refractivity (Wildman–Crippen MR) is 209 cm³/mol. The molecule has 0 unspecified atom stereocenters. The zero-order valence-corrected chi connectivity index (χ0v) is 26.9. The number of amidine groups is 2. The fourth-order valence-electron chi connectivity index (χ4n) is 6.57. The van der Waals surface area contributed by atoms with E-state index in [9.17, 15) is 0 Å². The van der Waals surface area contributed by atoms with E-state index in [2.05, 4.69) is 116 Å². The van der Waals surface area contributed by atoms with E-state index in [1.54, 1.807) is 0 Å². The van der Waals surface area contributed by atoms with Gasteiger partial charge in [0, 0.05) is 16.7 Å². The molecule has 0 bridgehead atoms. The fraction of sp³-hybridized carbons (Fsp3) is 0. The fourth-order valence-corrected chi connectivity index (χ4v) is 6.57. The third kappa shape index (κ3) is 5.90. The van der Waals surface area contributed by atoms with Gasteiger partial charge in [0.1, 0.15) is 5.84 Å². The van der Waals surface area contributed by atoms with Gasteiger partial charge in [-0.15, -0.1) is 0 Å². The maximum atomic E-state index is 6.43. The van der Waals surface area contributed by atoms with Crippen LogP contribution in [0.1, 0.15) is 16.7 Å². The molecule has 0 amide bonds. The van der Waals surface area contributed by atoms with E-state index >= 15 is 0 Å². The Balaban J connectivity index is 1.16. The molecule has 0 spiro atoms. The molecule has 0 saturated heterocycles. The summed E-state index contributed by atoms with van der Waals surface area (Å²) in [6.45, 7) is 4.35. The summed E-state index contributed by atoms with van der Waals surface area (Å²) in [5.41, 5.74) is 14.2. The molecule has 0 heterocycles. The van der Waals surface area contributed by atoms with Crippen LogP contribution in [-0.2, 0) is 0 Å². The molecule has 8 aromatic carbocycles. The van der Waals surface area contributed by atoms with Crippen molar-refractivity contribution < 1.29 is 0 Å². The van der Waals surface area contributed by atoms with Crippen LogP contribution in [-0.4, -0.2) is 11.7 Å². The lowest BCUT2D eigenvalue weighted by Crippen LogP contribution is -2.16. The topological polar surface area (TPSA) is 50.7 Å². The van der Waals surface area contributed by atoms with E-state index in [0.717, 1.165) is 33.4 Å². The van der Waals surface area contributed by atoms with Gasteiger partial charge in [0.15, 0.2) is 5.84 Å². The van der Waals surface area contributed by atoms with Crippen LogP contribution in [0.25, 0.3) is 60.3 Å². The van der Waals surface area contributed by atoms with Crippen molar-refractivity contribution in [2.45, 2.75) is 0 Å². The van der Waals surface area contributed by atoms with Crippen LogP contribution < -0.4 is 5.73 Å². The van der Waals surface area contributed by atoms with Crippen molar-refractivity contribution in [2.24, 2.45) is 15.7 Å². The van der Waals surface area contributed by atoms with Crippen LogP contribution in [0.2, 0.25) is 0 Å². The Morgan fingerprint density at radius 2 is 0.816 bits per heavy atom. The Morgan fingerprint density at radius 3 is 1.43 bits per heavy atom. The molecule has 0 saturated carbocycles. The molecule has 0 atom stereocenters. The van der Waals surface area contributed by atoms with Crippen molar-refractivity contribution in [1.82, 2.24) is 0 Å². The molecule has 232 valence electrons. The molecule has 0 aliphatic carbocycles. The average molecular weight is 628 g/mol. The van der Waals surface area contributed by atoms with Gasteiger partial charge in [0.2, 0.25) is 0 Å². The van der Waals surface area contributed by atoms with Gasteiger partial charge >= 0.3 is 0 Å². The average Bonchev–Trinajstić information content (AvgIpc) is 3.18. The molecule has 8 rings (SSSR count). The second kappa shape index (κ2) is 12.9. The van der Waals surface area contributed by atoms with Gasteiger partial charge in [0.05, 0.1) is 5.70 Å². The van der Waals surface area contributed by atoms with Crippen LogP contribution in [0.4, 0.5) is 0 Å². The zero-order chi connectivity index (χ0) is 33.2. The van der Waals surface area contributed by atoms with Crippen molar-refractivity contribution in [3.8, 4) is 22.3 Å². The van der Waals surface area contributed by atoms with Gasteiger partial charge < -0.3 is 5.73 Å². The Hall–Kier alpha value is -6.58. The number of fused-ring (bicyclic) bond motifs is 6. The number of hydrogen-bond donors (Lipinski definition) is 1. The van der Waals surface area contributed by atoms with Crippen LogP contribution in [0.3, 0.4) is 0 Å². The second-order valence-electron chi connectivity index (χ2n) is 12.1. The summed E-state index contributed by atoms with van der Waals surface area (Å²) >= 11 is 0. The standard InChI is InChI=1S/C46H33N3/c1-31(48-46(33-16-6-3-7-17-33)49-45(47)32-14-4-2-5-15-32)34-18-12-19-35(28-34)36-20-13-21-37(29-36)38-26-27-43-41-24-9-8-22-39(41)40-23-10-11-25-42(40)44(43)30-38/h2-30H,1H2,(H2,47,48,49). The summed E-state index contributed by atoms with van der Waals surface area (Å²) in [6, 6.07) is 60.9. The van der Waals surface area contributed by atoms with Gasteiger partial charge in [-0.3, -0.25) is 0 Å². The van der Waals surface area contributed by atoms with E-state index in [1.807, 2.05) is 66.7 Å². The maximum absolute atomic E-state index is 6.43. The Morgan fingerprint density at radius 1 is 0.367 bits per heavy atom. The van der Waals surface area contributed by atoms with Gasteiger partial charge in [-0.1, -0.05) is 164 Å². The maximum Gasteiger partial charge on any atom is 0.162 e. The van der Waals surface area contributed by atoms with Crippen molar-refractivity contribution in [2.75, 3.05) is 0 Å². The first-order chi connectivity index (χ1) is 24.1. The molecular formula is C46H33N3. The summed E-state index contributed by atoms with van der Waals surface area (Å²) in [7, 11) is 0. The number of rotatable bonds is 6. The van der Waals surface area contributed by atoms with Gasteiger partial charge in [-0.05, 0) is 72.8 Å². The van der Waals surface area contributed by atoms with Gasteiger partial charge in [-0.2, -0.15) is 0 Å². The van der Waals surface area contributed by atoms with Gasteiger partial charge in [-0.25, -0.2) is 9.98 Å². The first-order valence-electron chi connectivity index (χ1n) is 16.4. The van der Waals surface area contributed by atoms with Crippen molar-refractivity contribution in [3.05, 3.63) is 199 Å². The summed E-state index contributed by atoms with van der Waals surface area (Å²) < 4.78 is 0. The smallest absolute Gasteiger partial charge is 0.162 e. The first kappa shape index (κ1) is 29.8. The monoisotopic (exact) mass is 627 g/mol. The van der Waals surface area contributed by atoms with E-state index in [1.165, 1.54) is 37.9 Å². The molecule has 49 heavy (non-hydrogen) atoms. The van der Waals surface area contributed by atoms with Crippen LogP contribution in [0.15, 0.2) is 192 Å². The highest BCUT2D eigenvalue weighted by atomic mass is 15.0. The molecule has 2 N–H and O–H groups in total. The number of hydrogen-bond acceptors (Lipinski definition) is 1. The quantitative estimate of drug-likeness (QED) is 0.111. The number of aliphatic imine (C=N–C) groups is 2. The molecule has 3 heteroatoms. The molecule has 0 aliphatic heterocycles. The molecule has 0 aliphatic rings. The highest BCUT2D eigenvalue weighted by molar-refractivity contribution is 6.25. The van der Waals surface area contributed by atoms with Crippen LogP contribution in [0, 0.1) is 0 Å². The third-order valence-corrected chi connectivity index (χ3v) is 9.04. The molecule has 0 aromatic heterocycles. The summed E-state index contributed by atoms with van der Waals surface area (Å²) in [5.74, 6) is 0.910. The molecule has 8 aromatic rings. The number of nitrogens with zero attached hydrogens (tertiary/aromatic N) is 2. The predicted octanol–water partition coefficient (Wildman–Crippen LogP) is 11.3. The lowest BCUT2D eigenvalue weighted by Gasteiger charge is -2.13. The lowest BCUT2D eigenvalue weighted by molar-refractivity contribution is 1.43. The minimum absolute atomic E-state index is 0.399. The zero-order valence-electron chi connectivity index (χ0n) is 26.9. The largest absolute Gasteiger partial charge is 0.383 e. The van der Waals surface area contributed by atoms with E-state index < -0.39 is 0 Å². The Bertz CT molecular complexity index is 2530. The summed E-state index contributed by atoms with van der Waals surface area (Å²) in [6.07, 6.45) is 0. The third-order valence-electron chi connectivity index (χ3n) is 9.04. The molecular weight excluding hydrogens is 595 g/mol. The van der Waals surface area contributed by atoms with Crippen LogP contribution >= 0.6 is 0 Å². The SMILES string of the molecule is C=C(/N=C(\N=C(/N)c1ccccc1)c1ccccc1)c1cccc(-c2cccc(-c3ccc4c5ccccc5c5ccccc5c4c3)c2)c1. The second-order valence-corrected chi connectivity index (χ2v) is 12.1. The lowest BCUT2D eigenvalue weighted by atomic mass is 9.91. The molecule has 0 radical (unpaired) electrons. The minimum atomic E-state index is 0.399. The van der Waals surface area contributed by atoms with E-state index in [-0.39, 0.29) is 0 Å². The highest BCUT2D eigenvalue weighted by Gasteiger charge is 2.11. The Labute approximate surface area is 286 Å².